The van der Waals surface area contributed by atoms with Crippen molar-refractivity contribution in [1.82, 2.24) is 30.3 Å². The number of aromatic nitrogens is 5. The van der Waals surface area contributed by atoms with Crippen LogP contribution in [0.5, 0.6) is 0 Å². The number of amides is 2. The number of hydrogen-bond donors (Lipinski definition) is 2. The topological polar surface area (TPSA) is 115 Å². The predicted molar refractivity (Wildman–Crippen MR) is 77.7 cm³/mol. The van der Waals surface area contributed by atoms with Crippen molar-refractivity contribution in [3.63, 3.8) is 0 Å². The lowest BCUT2D eigenvalue weighted by atomic mass is 10.2. The molecule has 0 aliphatic heterocycles. The van der Waals surface area contributed by atoms with Crippen LogP contribution in [0.2, 0.25) is 0 Å². The zero-order chi connectivity index (χ0) is 16.1. The highest BCUT2D eigenvalue weighted by Gasteiger charge is 2.09. The zero-order valence-corrected chi connectivity index (χ0v) is 12.6. The van der Waals surface area contributed by atoms with Gasteiger partial charge in [-0.25, -0.2) is 9.97 Å². The third-order valence-corrected chi connectivity index (χ3v) is 2.96. The monoisotopic (exact) mass is 303 g/mol. The summed E-state index contributed by atoms with van der Waals surface area (Å²) in [5.41, 5.74) is 2.55. The van der Waals surface area contributed by atoms with E-state index in [2.05, 4.69) is 30.8 Å². The molecule has 2 aromatic heterocycles. The minimum Gasteiger partial charge on any atom is -0.350 e. The molecule has 116 valence electrons. The van der Waals surface area contributed by atoms with Crippen molar-refractivity contribution in [3.8, 4) is 0 Å². The van der Waals surface area contributed by atoms with Crippen molar-refractivity contribution >= 4 is 17.6 Å². The lowest BCUT2D eigenvalue weighted by Gasteiger charge is -2.09. The van der Waals surface area contributed by atoms with Gasteiger partial charge in [0.15, 0.2) is 5.82 Å². The molecule has 2 aromatic rings. The van der Waals surface area contributed by atoms with Crippen molar-refractivity contribution in [2.75, 3.05) is 5.32 Å². The summed E-state index contributed by atoms with van der Waals surface area (Å²) in [6.45, 7) is 5.41. The van der Waals surface area contributed by atoms with E-state index in [-0.39, 0.29) is 18.4 Å². The summed E-state index contributed by atoms with van der Waals surface area (Å²) in [5, 5.41) is 13.1. The molecule has 2 rings (SSSR count). The number of nitrogens with zero attached hydrogens (tertiary/aromatic N) is 5. The van der Waals surface area contributed by atoms with E-state index in [1.807, 2.05) is 13.8 Å². The Labute approximate surface area is 127 Å². The van der Waals surface area contributed by atoms with Crippen LogP contribution in [0.4, 0.5) is 5.82 Å². The molecule has 0 spiro atoms. The van der Waals surface area contributed by atoms with E-state index < -0.39 is 0 Å². The molecule has 9 heteroatoms. The lowest BCUT2D eigenvalue weighted by molar-refractivity contribution is -0.122. The summed E-state index contributed by atoms with van der Waals surface area (Å²) in [4.78, 5) is 32.2. The maximum absolute atomic E-state index is 11.9. The first kappa shape index (κ1) is 15.5. The highest BCUT2D eigenvalue weighted by atomic mass is 16.2. The molecule has 0 saturated carbocycles. The normalized spacial score (nSPS) is 10.3. The summed E-state index contributed by atoms with van der Waals surface area (Å²) in [7, 11) is 0. The Morgan fingerprint density at radius 3 is 2.55 bits per heavy atom. The molecule has 0 atom stereocenters. The number of hydrogen-bond acceptors (Lipinski definition) is 6. The number of carbonyl (C=O) groups is 2. The molecule has 0 saturated heterocycles. The fraction of sp³-hybridized carbons (Fsp3) is 0.385. The maximum Gasteiger partial charge on any atom is 0.243 e. The van der Waals surface area contributed by atoms with Crippen molar-refractivity contribution < 1.29 is 9.59 Å². The van der Waals surface area contributed by atoms with Gasteiger partial charge in [-0.15, -0.1) is 5.10 Å². The summed E-state index contributed by atoms with van der Waals surface area (Å²) in [6.07, 6.45) is 2.88. The van der Waals surface area contributed by atoms with Crippen molar-refractivity contribution in [2.24, 2.45) is 0 Å². The van der Waals surface area contributed by atoms with E-state index in [0.29, 0.717) is 12.4 Å². The Kier molecular flexibility index (Phi) is 4.77. The third-order valence-electron chi connectivity index (χ3n) is 2.96. The molecule has 0 aliphatic rings. The molecule has 0 aromatic carbocycles. The minimum absolute atomic E-state index is 0.0363. The molecule has 0 fully saturated rings. The molecule has 0 unspecified atom stereocenters. The van der Waals surface area contributed by atoms with Crippen LogP contribution in [0.3, 0.4) is 0 Å². The van der Waals surface area contributed by atoms with Crippen LogP contribution in [0.1, 0.15) is 23.9 Å². The largest absolute Gasteiger partial charge is 0.350 e. The lowest BCUT2D eigenvalue weighted by Crippen LogP contribution is -2.28. The first-order chi connectivity index (χ1) is 10.5. The van der Waals surface area contributed by atoms with Crippen LogP contribution in [0.15, 0.2) is 12.5 Å². The Morgan fingerprint density at radius 2 is 1.91 bits per heavy atom. The molecule has 0 aliphatic carbocycles. The van der Waals surface area contributed by atoms with Gasteiger partial charge < -0.3 is 10.6 Å². The molecular formula is C13H17N7O2. The highest BCUT2D eigenvalue weighted by Crippen LogP contribution is 2.07. The molecule has 9 nitrogen and oxygen atoms in total. The van der Waals surface area contributed by atoms with E-state index in [0.717, 1.165) is 17.0 Å². The SMILES string of the molecule is CC(=O)Nc1cnn(CC(=O)NCc2c(C)ncnc2C)n1. The van der Waals surface area contributed by atoms with Gasteiger partial charge in [-0.2, -0.15) is 9.90 Å². The molecule has 2 N–H and O–H groups in total. The van der Waals surface area contributed by atoms with Gasteiger partial charge in [0.05, 0.1) is 6.20 Å². The second-order valence-corrected chi connectivity index (χ2v) is 4.74. The molecule has 0 bridgehead atoms. The molecule has 0 radical (unpaired) electrons. The van der Waals surface area contributed by atoms with E-state index in [1.165, 1.54) is 24.2 Å². The van der Waals surface area contributed by atoms with Crippen LogP contribution >= 0.6 is 0 Å². The van der Waals surface area contributed by atoms with Gasteiger partial charge in [0, 0.05) is 30.4 Å². The quantitative estimate of drug-likeness (QED) is 0.801. The van der Waals surface area contributed by atoms with Gasteiger partial charge in [-0.05, 0) is 13.8 Å². The van der Waals surface area contributed by atoms with Crippen LogP contribution in [0.25, 0.3) is 0 Å². The van der Waals surface area contributed by atoms with E-state index in [1.54, 1.807) is 0 Å². The van der Waals surface area contributed by atoms with Crippen LogP contribution in [0, 0.1) is 13.8 Å². The Bertz CT molecular complexity index is 675. The molecular weight excluding hydrogens is 286 g/mol. The number of aryl methyl sites for hydroxylation is 2. The average Bonchev–Trinajstić information content (AvgIpc) is 2.84. The predicted octanol–water partition coefficient (Wildman–Crippen LogP) is -0.0403. The first-order valence-electron chi connectivity index (χ1n) is 6.67. The fourth-order valence-electron chi connectivity index (χ4n) is 1.86. The third kappa shape index (κ3) is 4.08. The molecule has 2 amide bonds. The minimum atomic E-state index is -0.244. The highest BCUT2D eigenvalue weighted by molar-refractivity contribution is 5.87. The number of carbonyl (C=O) groups excluding carboxylic acids is 2. The smallest absolute Gasteiger partial charge is 0.243 e. The molecule has 2 heterocycles. The Morgan fingerprint density at radius 1 is 1.23 bits per heavy atom. The van der Waals surface area contributed by atoms with Crippen LogP contribution < -0.4 is 10.6 Å². The Hall–Kier alpha value is -2.84. The van der Waals surface area contributed by atoms with E-state index in [4.69, 9.17) is 0 Å². The number of nitrogens with one attached hydrogen (secondary N) is 2. The summed E-state index contributed by atoms with van der Waals surface area (Å²) in [5.74, 6) is -0.178. The van der Waals surface area contributed by atoms with Crippen molar-refractivity contribution in [2.45, 2.75) is 33.9 Å². The van der Waals surface area contributed by atoms with Crippen molar-refractivity contribution in [1.29, 1.82) is 0 Å². The van der Waals surface area contributed by atoms with Crippen molar-refractivity contribution in [3.05, 3.63) is 29.5 Å². The first-order valence-corrected chi connectivity index (χ1v) is 6.67. The fourth-order valence-corrected chi connectivity index (χ4v) is 1.86. The number of rotatable bonds is 5. The van der Waals surface area contributed by atoms with Gasteiger partial charge in [-0.3, -0.25) is 9.59 Å². The van der Waals surface area contributed by atoms with Crippen LogP contribution in [-0.2, 0) is 22.7 Å². The molecule has 22 heavy (non-hydrogen) atoms. The second-order valence-electron chi connectivity index (χ2n) is 4.74. The zero-order valence-electron chi connectivity index (χ0n) is 12.6. The van der Waals surface area contributed by atoms with Crippen LogP contribution in [-0.4, -0.2) is 36.8 Å². The second kappa shape index (κ2) is 6.74. The summed E-state index contributed by atoms with van der Waals surface area (Å²) < 4.78 is 0. The van der Waals surface area contributed by atoms with E-state index >= 15 is 0 Å². The summed E-state index contributed by atoms with van der Waals surface area (Å²) in [6, 6.07) is 0. The summed E-state index contributed by atoms with van der Waals surface area (Å²) >= 11 is 0. The van der Waals surface area contributed by atoms with Gasteiger partial charge in [0.2, 0.25) is 11.8 Å². The standard InChI is InChI=1S/C13H17N7O2/c1-8-11(9(2)16-7-15-8)4-14-13(22)6-20-17-5-12(19-20)18-10(3)21/h5,7H,4,6H2,1-3H3,(H,14,22)(H,18,19,21). The van der Waals surface area contributed by atoms with Gasteiger partial charge in [0.1, 0.15) is 12.9 Å². The van der Waals surface area contributed by atoms with Gasteiger partial charge in [0.25, 0.3) is 0 Å². The Balaban J connectivity index is 1.90. The van der Waals surface area contributed by atoms with E-state index in [9.17, 15) is 9.59 Å². The average molecular weight is 303 g/mol. The van der Waals surface area contributed by atoms with Gasteiger partial charge >= 0.3 is 0 Å². The van der Waals surface area contributed by atoms with Gasteiger partial charge in [-0.1, -0.05) is 0 Å². The number of anilines is 1. The maximum atomic E-state index is 11.9.